The fourth-order valence-corrected chi connectivity index (χ4v) is 2.86. The summed E-state index contributed by atoms with van der Waals surface area (Å²) in [4.78, 5) is 0. The number of rotatable bonds is 3. The van der Waals surface area contributed by atoms with Crippen LogP contribution >= 0.6 is 0 Å². The minimum atomic E-state index is -3.38. The normalized spacial score (nSPS) is 12.5. The van der Waals surface area contributed by atoms with Gasteiger partial charge in [0.15, 0.2) is 0 Å². The van der Waals surface area contributed by atoms with Crippen LogP contribution in [0.1, 0.15) is 26.5 Å². The molecule has 0 N–H and O–H groups in total. The molecule has 0 atom stereocenters. The van der Waals surface area contributed by atoms with Crippen LogP contribution in [0.5, 0.6) is 0 Å². The average Bonchev–Trinajstić information content (AvgIpc) is 2.75. The summed E-state index contributed by atoms with van der Waals surface area (Å²) in [5.74, 6) is 0.596. The molecule has 1 heterocycles. The van der Waals surface area contributed by atoms with E-state index in [1.54, 1.807) is 11.7 Å². The third kappa shape index (κ3) is 3.02. The van der Waals surface area contributed by atoms with Crippen molar-refractivity contribution in [3.05, 3.63) is 36.0 Å². The molecule has 1 aromatic heterocycles. The van der Waals surface area contributed by atoms with E-state index in [-0.39, 0.29) is 5.54 Å². The Kier molecular flexibility index (Phi) is 4.08. The van der Waals surface area contributed by atoms with Crippen molar-refractivity contribution in [2.75, 3.05) is 17.6 Å². The van der Waals surface area contributed by atoms with Gasteiger partial charge in [0.25, 0.3) is 0 Å². The highest BCUT2D eigenvalue weighted by Crippen LogP contribution is 2.37. The molecule has 22 heavy (non-hydrogen) atoms. The van der Waals surface area contributed by atoms with Crippen LogP contribution in [0.15, 0.2) is 30.3 Å². The number of aromatic nitrogens is 2. The van der Waals surface area contributed by atoms with Crippen molar-refractivity contribution < 1.29 is 8.42 Å². The highest BCUT2D eigenvalue weighted by Gasteiger charge is 2.29. The summed E-state index contributed by atoms with van der Waals surface area (Å²) in [5, 5.41) is 4.60. The number of nitrogens with zero attached hydrogens (tertiary/aromatic N) is 3. The second-order valence-corrected chi connectivity index (χ2v) is 8.48. The lowest BCUT2D eigenvalue weighted by molar-refractivity contribution is 0.357. The summed E-state index contributed by atoms with van der Waals surface area (Å²) in [6.45, 7) is 7.93. The second kappa shape index (κ2) is 5.43. The molecule has 0 saturated carbocycles. The Morgan fingerprint density at radius 2 is 1.68 bits per heavy atom. The Hall–Kier alpha value is -1.82. The average molecular weight is 321 g/mol. The van der Waals surface area contributed by atoms with Crippen LogP contribution in [0.25, 0.3) is 11.1 Å². The lowest BCUT2D eigenvalue weighted by atomic mass is 10.0. The van der Waals surface area contributed by atoms with Gasteiger partial charge in [-0.3, -0.25) is 4.31 Å². The molecule has 0 aliphatic rings. The molecule has 0 unspecified atom stereocenters. The lowest BCUT2D eigenvalue weighted by Crippen LogP contribution is -2.33. The number of hydrogen-bond acceptors (Lipinski definition) is 3. The Bertz CT molecular complexity index is 772. The molecule has 5 nitrogen and oxygen atoms in total. The van der Waals surface area contributed by atoms with Gasteiger partial charge in [0, 0.05) is 12.6 Å². The van der Waals surface area contributed by atoms with E-state index in [1.807, 2.05) is 58.0 Å². The van der Waals surface area contributed by atoms with Gasteiger partial charge >= 0.3 is 0 Å². The maximum atomic E-state index is 12.1. The highest BCUT2D eigenvalue weighted by molar-refractivity contribution is 7.92. The number of benzene rings is 1. The van der Waals surface area contributed by atoms with Gasteiger partial charge in [-0.25, -0.2) is 13.1 Å². The van der Waals surface area contributed by atoms with Gasteiger partial charge in [0.2, 0.25) is 10.0 Å². The minimum Gasteiger partial charge on any atom is -0.257 e. The number of hydrogen-bond donors (Lipinski definition) is 0. The van der Waals surface area contributed by atoms with Crippen LogP contribution in [0.2, 0.25) is 0 Å². The monoisotopic (exact) mass is 321 g/mol. The highest BCUT2D eigenvalue weighted by atomic mass is 32.2. The molecule has 0 spiro atoms. The van der Waals surface area contributed by atoms with E-state index in [1.165, 1.54) is 10.6 Å². The molecule has 0 radical (unpaired) electrons. The van der Waals surface area contributed by atoms with E-state index < -0.39 is 10.0 Å². The molecule has 0 aliphatic carbocycles. The van der Waals surface area contributed by atoms with Crippen LogP contribution in [-0.4, -0.2) is 31.5 Å². The largest absolute Gasteiger partial charge is 0.257 e. The van der Waals surface area contributed by atoms with E-state index in [0.717, 1.165) is 16.8 Å². The molecule has 0 aliphatic heterocycles. The van der Waals surface area contributed by atoms with Crippen molar-refractivity contribution in [2.24, 2.45) is 0 Å². The van der Waals surface area contributed by atoms with Crippen molar-refractivity contribution in [3.8, 4) is 11.1 Å². The number of aryl methyl sites for hydroxylation is 1. The fourth-order valence-electron chi connectivity index (χ4n) is 2.37. The predicted molar refractivity (Wildman–Crippen MR) is 90.6 cm³/mol. The van der Waals surface area contributed by atoms with Crippen LogP contribution in [-0.2, 0) is 15.6 Å². The van der Waals surface area contributed by atoms with Gasteiger partial charge in [0.1, 0.15) is 5.82 Å². The molecular formula is C16H23N3O2S. The third-order valence-corrected chi connectivity index (χ3v) is 4.70. The van der Waals surface area contributed by atoms with Gasteiger partial charge in [-0.15, -0.1) is 0 Å². The first-order valence-corrected chi connectivity index (χ1v) is 8.97. The zero-order valence-electron chi connectivity index (χ0n) is 14.0. The van der Waals surface area contributed by atoms with Crippen LogP contribution in [0.3, 0.4) is 0 Å². The van der Waals surface area contributed by atoms with Crippen LogP contribution in [0.4, 0.5) is 5.82 Å². The first-order valence-electron chi connectivity index (χ1n) is 7.13. The summed E-state index contributed by atoms with van der Waals surface area (Å²) in [7, 11) is -1.81. The molecule has 2 rings (SSSR count). The van der Waals surface area contributed by atoms with E-state index in [2.05, 4.69) is 5.10 Å². The smallest absolute Gasteiger partial charge is 0.233 e. The Balaban J connectivity index is 2.82. The van der Waals surface area contributed by atoms with Crippen molar-refractivity contribution in [2.45, 2.75) is 33.2 Å². The second-order valence-electron chi connectivity index (χ2n) is 6.46. The molecule has 0 bridgehead atoms. The van der Waals surface area contributed by atoms with Crippen molar-refractivity contribution >= 4 is 15.8 Å². The van der Waals surface area contributed by atoms with Gasteiger partial charge in [-0.05, 0) is 33.3 Å². The molecule has 2 aromatic rings. The maximum Gasteiger partial charge on any atom is 0.233 e. The number of sulfonamides is 1. The summed E-state index contributed by atoms with van der Waals surface area (Å²) in [5.41, 5.74) is 2.29. The topological polar surface area (TPSA) is 55.2 Å². The molecule has 0 saturated heterocycles. The van der Waals surface area contributed by atoms with Gasteiger partial charge in [0.05, 0.1) is 17.5 Å². The van der Waals surface area contributed by atoms with Crippen LogP contribution < -0.4 is 4.31 Å². The van der Waals surface area contributed by atoms with E-state index in [0.29, 0.717) is 5.82 Å². The first-order chi connectivity index (χ1) is 10.0. The minimum absolute atomic E-state index is 0.327. The zero-order valence-corrected chi connectivity index (χ0v) is 14.8. The molecular weight excluding hydrogens is 298 g/mol. The van der Waals surface area contributed by atoms with Crippen molar-refractivity contribution in [1.82, 2.24) is 9.78 Å². The molecule has 0 amide bonds. The summed E-state index contributed by atoms with van der Waals surface area (Å²) in [6.07, 6.45) is 1.21. The Morgan fingerprint density at radius 3 is 2.14 bits per heavy atom. The van der Waals surface area contributed by atoms with E-state index in [9.17, 15) is 8.42 Å². The molecule has 6 heteroatoms. The Labute approximate surface area is 132 Å². The summed E-state index contributed by atoms with van der Waals surface area (Å²) in [6, 6.07) is 9.75. The van der Waals surface area contributed by atoms with E-state index in [4.69, 9.17) is 0 Å². The standard InChI is InChI=1S/C16H23N3O2S/c1-12-14(13-10-8-7-9-11-13)15(18(5)22(6,20)21)19(17-12)16(2,3)4/h7-11H,1-6H3. The lowest BCUT2D eigenvalue weighted by Gasteiger charge is -2.27. The van der Waals surface area contributed by atoms with Gasteiger partial charge in [-0.2, -0.15) is 5.10 Å². The molecule has 0 fully saturated rings. The number of anilines is 1. The van der Waals surface area contributed by atoms with Crippen LogP contribution in [0, 0.1) is 6.92 Å². The fraction of sp³-hybridized carbons (Fsp3) is 0.438. The quantitative estimate of drug-likeness (QED) is 0.873. The summed E-state index contributed by atoms with van der Waals surface area (Å²) >= 11 is 0. The zero-order chi connectivity index (χ0) is 16.7. The SMILES string of the molecule is Cc1nn(C(C)(C)C)c(N(C)S(C)(=O)=O)c1-c1ccccc1. The molecule has 1 aromatic carbocycles. The predicted octanol–water partition coefficient (Wildman–Crippen LogP) is 3.01. The van der Waals surface area contributed by atoms with Gasteiger partial charge in [-0.1, -0.05) is 30.3 Å². The van der Waals surface area contributed by atoms with Crippen molar-refractivity contribution in [1.29, 1.82) is 0 Å². The van der Waals surface area contributed by atoms with E-state index >= 15 is 0 Å². The van der Waals surface area contributed by atoms with Gasteiger partial charge < -0.3 is 0 Å². The first kappa shape index (κ1) is 16.5. The maximum absolute atomic E-state index is 12.1. The molecule has 120 valence electrons. The third-order valence-electron chi connectivity index (χ3n) is 3.53. The van der Waals surface area contributed by atoms with Crippen molar-refractivity contribution in [3.63, 3.8) is 0 Å². The Morgan fingerprint density at radius 1 is 1.14 bits per heavy atom. The summed E-state index contributed by atoms with van der Waals surface area (Å²) < 4.78 is 27.3.